The van der Waals surface area contributed by atoms with Gasteiger partial charge in [-0.3, -0.25) is 9.97 Å². The maximum atomic E-state index is 13.9. The third kappa shape index (κ3) is 8.49. The van der Waals surface area contributed by atoms with Gasteiger partial charge in [-0.2, -0.15) is 0 Å². The van der Waals surface area contributed by atoms with Crippen molar-refractivity contribution >= 4 is 61.8 Å². The zero-order valence-electron chi connectivity index (χ0n) is 31.4. The predicted molar refractivity (Wildman–Crippen MR) is 223 cm³/mol. The first-order valence-corrected chi connectivity index (χ1v) is 18.6. The summed E-state index contributed by atoms with van der Waals surface area (Å²) in [5.41, 5.74) is 16.3. The quantitative estimate of drug-likeness (QED) is 0.117. The smallest absolute Gasteiger partial charge is 0.182 e. The van der Waals surface area contributed by atoms with Crippen LogP contribution in [0.2, 0.25) is 5.15 Å². The summed E-state index contributed by atoms with van der Waals surface area (Å²) in [6, 6.07) is 23.8. The first kappa shape index (κ1) is 38.4. The molecule has 10 aromatic rings. The molecule has 14 nitrogen and oxygen atoms in total. The third-order valence-corrected chi connectivity index (χ3v) is 9.42. The van der Waals surface area contributed by atoms with Gasteiger partial charge in [0.05, 0.1) is 52.2 Å². The Hall–Kier alpha value is -7.43. The minimum absolute atomic E-state index is 0.187. The number of fused-ring (bicyclic) bond motifs is 4. The summed E-state index contributed by atoms with van der Waals surface area (Å²) >= 11 is 5.68. The Kier molecular flexibility index (Phi) is 11.1. The average molecular weight is 807 g/mol. The highest BCUT2D eigenvalue weighted by Gasteiger charge is 2.18. The summed E-state index contributed by atoms with van der Waals surface area (Å²) < 4.78 is 27.3. The summed E-state index contributed by atoms with van der Waals surface area (Å²) in [7, 11) is 0. The van der Waals surface area contributed by atoms with Crippen LogP contribution in [0.3, 0.4) is 0 Å². The maximum absolute atomic E-state index is 13.9. The molecular formula is C42H33ClF2N14. The third-order valence-electron chi connectivity index (χ3n) is 9.13. The minimum atomic E-state index is -0.308. The lowest BCUT2D eigenvalue weighted by molar-refractivity contribution is 0.628. The molecule has 5 N–H and O–H groups in total. The van der Waals surface area contributed by atoms with Crippen molar-refractivity contribution in [1.29, 1.82) is 0 Å². The number of rotatable bonds is 6. The topological polar surface area (TPSA) is 199 Å². The Morgan fingerprint density at radius 3 is 1.71 bits per heavy atom. The van der Waals surface area contributed by atoms with Crippen molar-refractivity contribution in [3.05, 3.63) is 151 Å². The fourth-order valence-corrected chi connectivity index (χ4v) is 6.52. The molecule has 0 radical (unpaired) electrons. The van der Waals surface area contributed by atoms with Gasteiger partial charge >= 0.3 is 0 Å². The van der Waals surface area contributed by atoms with E-state index in [1.54, 1.807) is 30.9 Å². The van der Waals surface area contributed by atoms with Crippen molar-refractivity contribution in [3.63, 3.8) is 0 Å². The molecule has 10 rings (SSSR count). The molecule has 0 saturated heterocycles. The van der Waals surface area contributed by atoms with Crippen molar-refractivity contribution < 1.29 is 8.78 Å². The second kappa shape index (κ2) is 17.0. The maximum Gasteiger partial charge on any atom is 0.182 e. The van der Waals surface area contributed by atoms with Gasteiger partial charge in [0.1, 0.15) is 35.3 Å². The number of anilines is 1. The van der Waals surface area contributed by atoms with Crippen LogP contribution in [0.15, 0.2) is 123 Å². The largest absolute Gasteiger partial charge is 0.362 e. The zero-order valence-corrected chi connectivity index (χ0v) is 32.1. The summed E-state index contributed by atoms with van der Waals surface area (Å²) in [5.74, 6) is 0.0367. The highest BCUT2D eigenvalue weighted by atomic mass is 35.5. The van der Waals surface area contributed by atoms with E-state index in [9.17, 15) is 8.78 Å². The highest BCUT2D eigenvalue weighted by molar-refractivity contribution is 6.33. The summed E-state index contributed by atoms with van der Waals surface area (Å²) in [6.45, 7) is 3.88. The van der Waals surface area contributed by atoms with E-state index in [0.29, 0.717) is 44.7 Å². The molecule has 8 aromatic heterocycles. The molecule has 0 aliphatic carbocycles. The van der Waals surface area contributed by atoms with E-state index in [2.05, 4.69) is 60.1 Å². The monoisotopic (exact) mass is 806 g/mol. The van der Waals surface area contributed by atoms with Gasteiger partial charge in [0.2, 0.25) is 0 Å². The lowest BCUT2D eigenvalue weighted by Crippen LogP contribution is -2.11. The number of aromatic amines is 2. The molecule has 0 saturated carbocycles. The number of hydrogen-bond donors (Lipinski definition) is 4. The second-order valence-corrected chi connectivity index (χ2v) is 13.6. The molecule has 2 aromatic carbocycles. The van der Waals surface area contributed by atoms with Gasteiger partial charge in [-0.05, 0) is 80.1 Å². The lowest BCUT2D eigenvalue weighted by atomic mass is 9.99. The first-order valence-electron chi connectivity index (χ1n) is 18.2. The number of hydrogen-bond acceptors (Lipinski definition) is 12. The summed E-state index contributed by atoms with van der Waals surface area (Å²) in [4.78, 5) is 48.1. The summed E-state index contributed by atoms with van der Waals surface area (Å²) in [5, 5.41) is 3.80. The average Bonchev–Trinajstić information content (AvgIpc) is 3.95. The van der Waals surface area contributed by atoms with E-state index >= 15 is 0 Å². The first-order chi connectivity index (χ1) is 28.7. The van der Waals surface area contributed by atoms with Gasteiger partial charge in [0, 0.05) is 35.1 Å². The molecule has 0 aliphatic heterocycles. The van der Waals surface area contributed by atoms with Crippen LogP contribution in [0.25, 0.3) is 66.9 Å². The van der Waals surface area contributed by atoms with Crippen LogP contribution in [0.5, 0.6) is 0 Å². The van der Waals surface area contributed by atoms with Crippen LogP contribution < -0.4 is 11.1 Å². The van der Waals surface area contributed by atoms with Crippen LogP contribution in [-0.2, 0) is 0 Å². The van der Waals surface area contributed by atoms with E-state index in [-0.39, 0.29) is 23.7 Å². The van der Waals surface area contributed by atoms with Crippen LogP contribution in [-0.4, -0.2) is 59.8 Å². The molecule has 59 heavy (non-hydrogen) atoms. The fraction of sp³-hybridized carbons (Fsp3) is 0.0952. The van der Waals surface area contributed by atoms with Crippen molar-refractivity contribution in [2.24, 2.45) is 5.73 Å². The molecule has 8 heterocycles. The molecule has 17 heteroatoms. The van der Waals surface area contributed by atoms with Gasteiger partial charge in [-0.15, -0.1) is 0 Å². The number of H-pyrrole nitrogens is 2. The highest BCUT2D eigenvalue weighted by Crippen LogP contribution is 2.32. The molecule has 0 aliphatic rings. The van der Waals surface area contributed by atoms with Crippen molar-refractivity contribution in [2.45, 2.75) is 25.9 Å². The van der Waals surface area contributed by atoms with Crippen molar-refractivity contribution in [2.75, 3.05) is 5.32 Å². The molecule has 292 valence electrons. The van der Waals surface area contributed by atoms with Crippen molar-refractivity contribution in [3.8, 4) is 22.5 Å². The van der Waals surface area contributed by atoms with Gasteiger partial charge in [0.25, 0.3) is 0 Å². The predicted octanol–water partition coefficient (Wildman–Crippen LogP) is 8.74. The molecule has 2 atom stereocenters. The Balaban J connectivity index is 0.000000138. The Morgan fingerprint density at radius 2 is 1.14 bits per heavy atom. The zero-order chi connectivity index (χ0) is 40.9. The standard InChI is InChI=1S/C21H16FN7.C16H14FN3.C5H3ClN4/c1-12(28-21-19-20(25-10-24-19)26-11-27-21)15-9-17-16(6-3-7-23-17)29-18(15)13-4-2-5-14(22)8-13;1-10(18)13-9-15-14(6-3-7-19-15)20-16(13)11-4-2-5-12(17)8-11;6-4-3-5(9-1-7-3)10-2-8-4/h2-12H,1H3,(H2,24,25,26,27,28);2-10H,18H2,1H3;1-2H,(H,7,8,9,10). The number of pyridine rings is 4. The van der Waals surface area contributed by atoms with Gasteiger partial charge in [0.15, 0.2) is 22.3 Å². The number of aromatic nitrogens is 12. The van der Waals surface area contributed by atoms with Crippen LogP contribution in [0.4, 0.5) is 14.6 Å². The number of halogens is 3. The van der Waals surface area contributed by atoms with Gasteiger partial charge in [-0.25, -0.2) is 48.7 Å². The second-order valence-electron chi connectivity index (χ2n) is 13.2. The number of nitrogens with zero attached hydrogens (tertiary/aromatic N) is 10. The van der Waals surface area contributed by atoms with Gasteiger partial charge < -0.3 is 21.0 Å². The summed E-state index contributed by atoms with van der Waals surface area (Å²) in [6.07, 6.45) is 9.40. The van der Waals surface area contributed by atoms with Crippen LogP contribution >= 0.6 is 11.6 Å². The van der Waals surface area contributed by atoms with Gasteiger partial charge in [-0.1, -0.05) is 35.9 Å². The number of imidazole rings is 2. The molecule has 2 unspecified atom stereocenters. The van der Waals surface area contributed by atoms with E-state index in [1.165, 1.54) is 43.2 Å². The van der Waals surface area contributed by atoms with E-state index in [4.69, 9.17) is 22.3 Å². The van der Waals surface area contributed by atoms with Crippen molar-refractivity contribution in [1.82, 2.24) is 59.8 Å². The molecule has 0 amide bonds. The van der Waals surface area contributed by atoms with E-state index in [0.717, 1.165) is 44.3 Å². The Labute approximate surface area is 339 Å². The molecule has 0 bridgehead atoms. The molecular weight excluding hydrogens is 774 g/mol. The normalized spacial score (nSPS) is 12.1. The Bertz CT molecular complexity index is 3060. The van der Waals surface area contributed by atoms with Crippen LogP contribution in [0.1, 0.15) is 37.1 Å². The minimum Gasteiger partial charge on any atom is -0.362 e. The number of nitrogens with one attached hydrogen (secondary N) is 3. The van der Waals surface area contributed by atoms with E-state index < -0.39 is 0 Å². The Morgan fingerprint density at radius 1 is 0.593 bits per heavy atom. The number of nitrogens with two attached hydrogens (primary N) is 1. The van der Waals surface area contributed by atoms with Crippen LogP contribution in [0, 0.1) is 11.6 Å². The van der Waals surface area contributed by atoms with E-state index in [1.807, 2.05) is 62.4 Å². The fourth-order valence-electron chi connectivity index (χ4n) is 6.33. The number of benzene rings is 2. The molecule has 0 fully saturated rings. The lowest BCUT2D eigenvalue weighted by Gasteiger charge is -2.19. The molecule has 0 spiro atoms. The SMILES string of the molecule is CC(N)c1cc2ncccc2nc1-c1cccc(F)c1.CC(Nc1ncnc2nc[nH]c12)c1cc2ncccc2nc1-c1cccc(F)c1.Clc1ncnc2nc[nH]c12.